The van der Waals surface area contributed by atoms with Crippen molar-refractivity contribution in [3.63, 3.8) is 0 Å². The van der Waals surface area contributed by atoms with E-state index in [1.807, 2.05) is 19.1 Å². The van der Waals surface area contributed by atoms with Crippen LogP contribution in [-0.2, 0) is 9.73 Å². The molecule has 1 fully saturated rings. The van der Waals surface area contributed by atoms with E-state index in [2.05, 4.69) is 31.5 Å². The largest absolute Gasteiger partial charge is 0.370 e. The predicted molar refractivity (Wildman–Crippen MR) is 110 cm³/mol. The van der Waals surface area contributed by atoms with Gasteiger partial charge in [0.25, 0.3) is 0 Å². The third-order valence-electron chi connectivity index (χ3n) is 5.19. The third kappa shape index (κ3) is 3.40. The fourth-order valence-electron chi connectivity index (χ4n) is 3.45. The molecule has 0 N–H and O–H groups in total. The number of pyridine rings is 1. The van der Waals surface area contributed by atoms with Crippen LogP contribution in [-0.4, -0.2) is 50.6 Å². The lowest BCUT2D eigenvalue weighted by atomic mass is 10.1. The number of nitrogens with zero attached hydrogens (tertiary/aromatic N) is 5. The highest BCUT2D eigenvalue weighted by atomic mass is 32.2. The molecule has 0 saturated carbocycles. The minimum atomic E-state index is -2.02. The minimum Gasteiger partial charge on any atom is -0.370 e. The number of rotatable bonds is 3. The molecule has 8 heteroatoms. The Hall–Kier alpha value is -2.74. The van der Waals surface area contributed by atoms with Crippen LogP contribution in [0.5, 0.6) is 0 Å². The van der Waals surface area contributed by atoms with Gasteiger partial charge in [0.15, 0.2) is 11.6 Å². The Morgan fingerprint density at radius 2 is 1.86 bits per heavy atom. The molecule has 1 saturated heterocycles. The van der Waals surface area contributed by atoms with Crippen LogP contribution in [0.25, 0.3) is 16.9 Å². The number of aromatic nitrogens is 3. The number of benzene rings is 1. The SMILES string of the molecule is CN=S1(=O)CCN(c2ccc(-c3cnn(-c4ncccc4F)c3C)cc2)CC1. The van der Waals surface area contributed by atoms with Gasteiger partial charge < -0.3 is 4.90 Å². The van der Waals surface area contributed by atoms with E-state index in [0.717, 1.165) is 35.6 Å². The van der Waals surface area contributed by atoms with Crippen LogP contribution in [0.15, 0.2) is 53.2 Å². The smallest absolute Gasteiger partial charge is 0.189 e. The lowest BCUT2D eigenvalue weighted by Crippen LogP contribution is -2.40. The summed E-state index contributed by atoms with van der Waals surface area (Å²) >= 11 is 0. The molecule has 4 rings (SSSR count). The second-order valence-corrected chi connectivity index (χ2v) is 9.49. The zero-order valence-corrected chi connectivity index (χ0v) is 16.7. The van der Waals surface area contributed by atoms with E-state index < -0.39 is 15.5 Å². The molecule has 1 aliphatic heterocycles. The molecule has 0 aliphatic carbocycles. The van der Waals surface area contributed by atoms with Crippen molar-refractivity contribution in [3.05, 3.63) is 60.3 Å². The van der Waals surface area contributed by atoms with E-state index >= 15 is 0 Å². The third-order valence-corrected chi connectivity index (χ3v) is 7.49. The van der Waals surface area contributed by atoms with Crippen LogP contribution < -0.4 is 4.90 Å². The van der Waals surface area contributed by atoms with Crippen LogP contribution in [0.4, 0.5) is 10.1 Å². The van der Waals surface area contributed by atoms with E-state index in [4.69, 9.17) is 0 Å². The first-order chi connectivity index (χ1) is 13.5. The van der Waals surface area contributed by atoms with E-state index in [1.54, 1.807) is 25.5 Å². The first kappa shape index (κ1) is 18.6. The highest BCUT2D eigenvalue weighted by molar-refractivity contribution is 7.93. The molecular formula is C20H22FN5OS. The predicted octanol–water partition coefficient (Wildman–Crippen LogP) is 3.30. The van der Waals surface area contributed by atoms with Gasteiger partial charge in [0.05, 0.1) is 11.9 Å². The Bertz CT molecular complexity index is 1100. The topological polar surface area (TPSA) is 63.4 Å². The summed E-state index contributed by atoms with van der Waals surface area (Å²) in [6.45, 7) is 3.39. The van der Waals surface area contributed by atoms with E-state index in [9.17, 15) is 8.60 Å². The van der Waals surface area contributed by atoms with Gasteiger partial charge in [-0.1, -0.05) is 12.1 Å². The maximum atomic E-state index is 14.1. The van der Waals surface area contributed by atoms with Crippen molar-refractivity contribution < 1.29 is 8.60 Å². The van der Waals surface area contributed by atoms with Gasteiger partial charge in [-0.25, -0.2) is 22.6 Å². The summed E-state index contributed by atoms with van der Waals surface area (Å²) in [7, 11) is -0.372. The fraction of sp³-hybridized carbons (Fsp3) is 0.300. The van der Waals surface area contributed by atoms with E-state index in [1.165, 1.54) is 10.7 Å². The maximum absolute atomic E-state index is 14.1. The van der Waals surface area contributed by atoms with Gasteiger partial charge in [-0.05, 0) is 36.8 Å². The van der Waals surface area contributed by atoms with Gasteiger partial charge in [-0.3, -0.25) is 0 Å². The van der Waals surface area contributed by atoms with Gasteiger partial charge >= 0.3 is 0 Å². The Labute approximate surface area is 164 Å². The summed E-state index contributed by atoms with van der Waals surface area (Å²) in [4.78, 5) is 6.33. The Morgan fingerprint density at radius 3 is 2.50 bits per heavy atom. The maximum Gasteiger partial charge on any atom is 0.189 e. The van der Waals surface area contributed by atoms with Crippen molar-refractivity contribution in [2.75, 3.05) is 36.5 Å². The molecule has 0 amide bonds. The summed E-state index contributed by atoms with van der Waals surface area (Å²) in [6, 6.07) is 11.1. The monoisotopic (exact) mass is 399 g/mol. The lowest BCUT2D eigenvalue weighted by molar-refractivity contribution is 0.598. The summed E-state index contributed by atoms with van der Waals surface area (Å²) in [5.41, 5.74) is 3.87. The summed E-state index contributed by atoms with van der Waals surface area (Å²) in [5, 5.41) is 4.32. The summed E-state index contributed by atoms with van der Waals surface area (Å²) < 4.78 is 32.0. The molecule has 1 aromatic carbocycles. The average Bonchev–Trinajstić information content (AvgIpc) is 3.10. The molecule has 0 atom stereocenters. The van der Waals surface area contributed by atoms with Crippen LogP contribution in [0.3, 0.4) is 0 Å². The van der Waals surface area contributed by atoms with Crippen LogP contribution in [0.1, 0.15) is 5.69 Å². The Balaban J connectivity index is 1.57. The summed E-state index contributed by atoms with van der Waals surface area (Å²) in [6.07, 6.45) is 3.29. The van der Waals surface area contributed by atoms with Crippen LogP contribution in [0.2, 0.25) is 0 Å². The van der Waals surface area contributed by atoms with Gasteiger partial charge in [-0.2, -0.15) is 5.10 Å². The molecule has 146 valence electrons. The van der Waals surface area contributed by atoms with Crippen molar-refractivity contribution in [3.8, 4) is 16.9 Å². The van der Waals surface area contributed by atoms with Gasteiger partial charge in [-0.15, -0.1) is 0 Å². The Kier molecular flexibility index (Phi) is 4.89. The second-order valence-electron chi connectivity index (χ2n) is 6.76. The number of hydrogen-bond acceptors (Lipinski definition) is 5. The summed E-state index contributed by atoms with van der Waals surface area (Å²) in [5.74, 6) is 0.997. The van der Waals surface area contributed by atoms with Crippen molar-refractivity contribution in [1.82, 2.24) is 14.8 Å². The van der Waals surface area contributed by atoms with Crippen molar-refractivity contribution in [2.45, 2.75) is 6.92 Å². The van der Waals surface area contributed by atoms with E-state index in [0.29, 0.717) is 11.5 Å². The molecule has 0 unspecified atom stereocenters. The van der Waals surface area contributed by atoms with Crippen molar-refractivity contribution >= 4 is 15.4 Å². The Morgan fingerprint density at radius 1 is 1.14 bits per heavy atom. The molecule has 0 spiro atoms. The highest BCUT2D eigenvalue weighted by Crippen LogP contribution is 2.28. The lowest BCUT2D eigenvalue weighted by Gasteiger charge is -2.30. The van der Waals surface area contributed by atoms with Gasteiger partial charge in [0, 0.05) is 58.8 Å². The average molecular weight is 399 g/mol. The number of anilines is 1. The normalized spacial score (nSPS) is 16.2. The van der Waals surface area contributed by atoms with Crippen molar-refractivity contribution in [2.24, 2.45) is 4.36 Å². The van der Waals surface area contributed by atoms with Gasteiger partial charge in [0.2, 0.25) is 0 Å². The molecule has 6 nitrogen and oxygen atoms in total. The van der Waals surface area contributed by atoms with Crippen molar-refractivity contribution in [1.29, 1.82) is 0 Å². The first-order valence-corrected chi connectivity index (χ1v) is 11.0. The quantitative estimate of drug-likeness (QED) is 0.678. The minimum absolute atomic E-state index is 0.195. The molecule has 28 heavy (non-hydrogen) atoms. The van der Waals surface area contributed by atoms with E-state index in [-0.39, 0.29) is 5.82 Å². The molecule has 0 radical (unpaired) electrons. The highest BCUT2D eigenvalue weighted by Gasteiger charge is 2.20. The van der Waals surface area contributed by atoms with Crippen LogP contribution >= 0.6 is 0 Å². The zero-order valence-electron chi connectivity index (χ0n) is 15.9. The molecule has 2 aromatic heterocycles. The molecule has 3 aromatic rings. The van der Waals surface area contributed by atoms with Gasteiger partial charge in [0.1, 0.15) is 0 Å². The molecule has 3 heterocycles. The second kappa shape index (κ2) is 7.35. The fourth-order valence-corrected chi connectivity index (χ4v) is 5.03. The number of halogens is 1. The zero-order chi connectivity index (χ0) is 19.7. The number of hydrogen-bond donors (Lipinski definition) is 0. The standard InChI is InChI=1S/C20H22FN5OS/c1-15-18(14-24-26(15)20-19(21)4-3-9-23-20)16-5-7-17(8-6-16)25-10-12-28(27,22-2)13-11-25/h3-9,14H,10-13H2,1-2H3. The molecule has 0 bridgehead atoms. The first-order valence-electron chi connectivity index (χ1n) is 9.12. The molecule has 1 aliphatic rings. The van der Waals surface area contributed by atoms with Crippen LogP contribution in [0, 0.1) is 12.7 Å². The molecular weight excluding hydrogens is 377 g/mol.